The molecule has 2 aromatic rings. The number of benzene rings is 1. The lowest BCUT2D eigenvalue weighted by Gasteiger charge is -2.32. The van der Waals surface area contributed by atoms with Crippen LogP contribution in [0.2, 0.25) is 0 Å². The van der Waals surface area contributed by atoms with Crippen molar-refractivity contribution < 1.29 is 19.2 Å². The molecule has 0 fully saturated rings. The maximum atomic E-state index is 13.2. The number of carbonyl (C=O) groups is 4. The van der Waals surface area contributed by atoms with E-state index in [1.165, 1.54) is 0 Å². The Bertz CT molecular complexity index is 1000. The van der Waals surface area contributed by atoms with E-state index in [0.717, 1.165) is 11.1 Å². The molecule has 0 aliphatic rings. The first kappa shape index (κ1) is 27.7. The Hall–Kier alpha value is -3.53. The van der Waals surface area contributed by atoms with Gasteiger partial charge in [0.2, 0.25) is 11.7 Å². The fourth-order valence-electron chi connectivity index (χ4n) is 3.39. The molecular weight excluding hydrogens is 462 g/mol. The third kappa shape index (κ3) is 8.97. The van der Waals surface area contributed by atoms with E-state index in [9.17, 15) is 19.2 Å². The standard InChI is InChI=1S/C25H32N5O4Si/c1-4-20(21(31)22(32)27-16-19-11-8-12-26-14-19)29-23(33)25(35,13-17(2)3)30-24(34)28-15-18-9-6-5-7-10-18/h5-12,14,17,20H,4,13,15-16H2,1-3H3,(H,27,32)(H,29,33)(H2,28,30,34)/t20?,25-/m0/s1. The van der Waals surface area contributed by atoms with E-state index in [1.54, 1.807) is 31.5 Å². The molecule has 0 aliphatic heterocycles. The number of hydrogen-bond acceptors (Lipinski definition) is 5. The van der Waals surface area contributed by atoms with Gasteiger partial charge >= 0.3 is 6.03 Å². The summed E-state index contributed by atoms with van der Waals surface area (Å²) >= 11 is 0. The predicted molar refractivity (Wildman–Crippen MR) is 133 cm³/mol. The van der Waals surface area contributed by atoms with Crippen LogP contribution in [0.1, 0.15) is 44.7 Å². The average Bonchev–Trinajstić information content (AvgIpc) is 2.84. The van der Waals surface area contributed by atoms with Gasteiger partial charge in [-0.15, -0.1) is 0 Å². The highest BCUT2D eigenvalue weighted by Gasteiger charge is 2.38. The van der Waals surface area contributed by atoms with Crippen molar-refractivity contribution in [3.63, 3.8) is 0 Å². The first-order valence-corrected chi connectivity index (χ1v) is 12.0. The van der Waals surface area contributed by atoms with Gasteiger partial charge in [-0.05, 0) is 36.0 Å². The molecule has 1 aromatic carbocycles. The zero-order valence-electron chi connectivity index (χ0n) is 20.3. The molecule has 0 bridgehead atoms. The number of ketones is 1. The first-order valence-electron chi connectivity index (χ1n) is 11.5. The Morgan fingerprint density at radius 3 is 2.23 bits per heavy atom. The molecule has 2 atom stereocenters. The number of aromatic nitrogens is 1. The van der Waals surface area contributed by atoms with Crippen LogP contribution in [0, 0.1) is 5.92 Å². The SMILES string of the molecule is CCC(NC(=O)[C@@]([Si])(CC(C)C)NC(=O)NCc1ccccc1)C(=O)C(=O)NCc1cccnc1. The van der Waals surface area contributed by atoms with Crippen LogP contribution in [0.4, 0.5) is 4.79 Å². The predicted octanol–water partition coefficient (Wildman–Crippen LogP) is 1.57. The van der Waals surface area contributed by atoms with Crippen molar-refractivity contribution in [1.29, 1.82) is 0 Å². The summed E-state index contributed by atoms with van der Waals surface area (Å²) in [7, 11) is 3.45. The number of rotatable bonds is 12. The van der Waals surface area contributed by atoms with Crippen molar-refractivity contribution in [2.75, 3.05) is 0 Å². The van der Waals surface area contributed by atoms with E-state index in [2.05, 4.69) is 36.5 Å². The smallest absolute Gasteiger partial charge is 0.315 e. The van der Waals surface area contributed by atoms with Crippen LogP contribution in [0.25, 0.3) is 0 Å². The van der Waals surface area contributed by atoms with Gasteiger partial charge < -0.3 is 21.3 Å². The molecule has 10 heteroatoms. The number of Topliss-reactive ketones (excluding diaryl/α,β-unsaturated/α-hetero) is 1. The summed E-state index contributed by atoms with van der Waals surface area (Å²) in [5.41, 5.74) is 1.65. The van der Waals surface area contributed by atoms with Gasteiger partial charge in [-0.25, -0.2) is 4.79 Å². The van der Waals surface area contributed by atoms with E-state index in [4.69, 9.17) is 0 Å². The second-order valence-corrected chi connectivity index (χ2v) is 9.49. The van der Waals surface area contributed by atoms with Crippen molar-refractivity contribution in [3.8, 4) is 0 Å². The number of hydrogen-bond donors (Lipinski definition) is 4. The Morgan fingerprint density at radius 2 is 1.63 bits per heavy atom. The second-order valence-electron chi connectivity index (χ2n) is 8.64. The quantitative estimate of drug-likeness (QED) is 0.263. The lowest BCUT2D eigenvalue weighted by atomic mass is 10.0. The Morgan fingerprint density at radius 1 is 0.971 bits per heavy atom. The third-order valence-electron chi connectivity index (χ3n) is 5.15. The van der Waals surface area contributed by atoms with Crippen LogP contribution in [0.3, 0.4) is 0 Å². The van der Waals surface area contributed by atoms with E-state index in [0.29, 0.717) is 0 Å². The van der Waals surface area contributed by atoms with Crippen LogP contribution in [-0.4, -0.2) is 50.1 Å². The highest BCUT2D eigenvalue weighted by atomic mass is 28.1. The fourth-order valence-corrected chi connectivity index (χ4v) is 3.99. The molecular formula is C25H32N5O4Si. The van der Waals surface area contributed by atoms with Crippen molar-refractivity contribution in [1.82, 2.24) is 26.3 Å². The molecule has 1 aromatic heterocycles. The number of carbonyl (C=O) groups excluding carboxylic acids is 4. The van der Waals surface area contributed by atoms with Crippen LogP contribution in [0.15, 0.2) is 54.9 Å². The molecule has 0 spiro atoms. The summed E-state index contributed by atoms with van der Waals surface area (Å²) in [6, 6.07) is 11.3. The van der Waals surface area contributed by atoms with Crippen molar-refractivity contribution >= 4 is 33.9 Å². The molecule has 185 valence electrons. The van der Waals surface area contributed by atoms with Crippen LogP contribution in [-0.2, 0) is 27.5 Å². The number of nitrogens with zero attached hydrogens (tertiary/aromatic N) is 1. The molecule has 9 nitrogen and oxygen atoms in total. The molecule has 4 amide bonds. The van der Waals surface area contributed by atoms with Gasteiger partial charge in [0.15, 0.2) is 0 Å². The Kier molecular flexibility index (Phi) is 10.6. The maximum absolute atomic E-state index is 13.2. The molecule has 3 radical (unpaired) electrons. The lowest BCUT2D eigenvalue weighted by Crippen LogP contribution is -2.64. The molecule has 2 rings (SSSR count). The minimum Gasteiger partial charge on any atom is -0.345 e. The van der Waals surface area contributed by atoms with Crippen molar-refractivity contribution in [3.05, 3.63) is 66.0 Å². The fraction of sp³-hybridized carbons (Fsp3) is 0.400. The largest absolute Gasteiger partial charge is 0.345 e. The summed E-state index contributed by atoms with van der Waals surface area (Å²) in [4.78, 5) is 54.8. The minimum atomic E-state index is -1.48. The second kappa shape index (κ2) is 13.4. The Balaban J connectivity index is 2.01. The van der Waals surface area contributed by atoms with E-state index >= 15 is 0 Å². The van der Waals surface area contributed by atoms with Gasteiger partial charge in [-0.1, -0.05) is 57.2 Å². The number of urea groups is 1. The maximum Gasteiger partial charge on any atom is 0.315 e. The monoisotopic (exact) mass is 494 g/mol. The van der Waals surface area contributed by atoms with Gasteiger partial charge in [-0.2, -0.15) is 0 Å². The highest BCUT2D eigenvalue weighted by Crippen LogP contribution is 2.15. The third-order valence-corrected chi connectivity index (χ3v) is 5.71. The van der Waals surface area contributed by atoms with Crippen LogP contribution >= 0.6 is 0 Å². The first-order chi connectivity index (χ1) is 16.6. The lowest BCUT2D eigenvalue weighted by molar-refractivity contribution is -0.140. The van der Waals surface area contributed by atoms with E-state index < -0.39 is 34.8 Å². The summed E-state index contributed by atoms with van der Waals surface area (Å²) in [5, 5.41) is 9.09. The summed E-state index contributed by atoms with van der Waals surface area (Å²) < 4.78 is 0. The number of nitrogens with one attached hydrogen (secondary N) is 4. The normalized spacial score (nSPS) is 13.3. The van der Waals surface area contributed by atoms with Gasteiger partial charge in [-0.3, -0.25) is 19.4 Å². The zero-order chi connectivity index (χ0) is 25.8. The van der Waals surface area contributed by atoms with E-state index in [1.807, 2.05) is 44.2 Å². The molecule has 0 saturated heterocycles. The molecule has 1 heterocycles. The molecule has 0 aliphatic carbocycles. The average molecular weight is 495 g/mol. The molecule has 35 heavy (non-hydrogen) atoms. The summed E-state index contributed by atoms with van der Waals surface area (Å²) in [5.74, 6) is -2.15. The van der Waals surface area contributed by atoms with E-state index in [-0.39, 0.29) is 31.8 Å². The van der Waals surface area contributed by atoms with Gasteiger partial charge in [0.1, 0.15) is 5.16 Å². The van der Waals surface area contributed by atoms with Crippen molar-refractivity contribution in [2.45, 2.75) is 57.9 Å². The molecule has 4 N–H and O–H groups in total. The zero-order valence-corrected chi connectivity index (χ0v) is 21.3. The summed E-state index contributed by atoms with van der Waals surface area (Å²) in [6.07, 6.45) is 3.66. The van der Waals surface area contributed by atoms with Crippen LogP contribution in [0.5, 0.6) is 0 Å². The topological polar surface area (TPSA) is 129 Å². The van der Waals surface area contributed by atoms with Crippen molar-refractivity contribution in [2.24, 2.45) is 5.92 Å². The van der Waals surface area contributed by atoms with Crippen LogP contribution < -0.4 is 21.3 Å². The number of pyridine rings is 1. The molecule has 0 saturated carbocycles. The van der Waals surface area contributed by atoms with Gasteiger partial charge in [0.05, 0.1) is 16.3 Å². The van der Waals surface area contributed by atoms with Gasteiger partial charge in [0, 0.05) is 25.5 Å². The number of amides is 4. The summed E-state index contributed by atoms with van der Waals surface area (Å²) in [6.45, 7) is 5.92. The molecule has 1 unspecified atom stereocenters. The Labute approximate surface area is 209 Å². The van der Waals surface area contributed by atoms with Gasteiger partial charge in [0.25, 0.3) is 5.91 Å². The highest BCUT2D eigenvalue weighted by molar-refractivity contribution is 6.39. The minimum absolute atomic E-state index is 0.0335.